The highest BCUT2D eigenvalue weighted by Crippen LogP contribution is 2.11. The lowest BCUT2D eigenvalue weighted by Crippen LogP contribution is -2.26. The highest BCUT2D eigenvalue weighted by atomic mass is 35.5. The first-order chi connectivity index (χ1) is 12.2. The number of amides is 1. The van der Waals surface area contributed by atoms with Crippen molar-refractivity contribution in [3.8, 4) is 0 Å². The Hall–Kier alpha value is -2.86. The van der Waals surface area contributed by atoms with Crippen LogP contribution in [-0.2, 0) is 13.0 Å². The van der Waals surface area contributed by atoms with Gasteiger partial charge in [-0.1, -0.05) is 23.7 Å². The molecule has 0 aliphatic carbocycles. The van der Waals surface area contributed by atoms with E-state index in [2.05, 4.69) is 20.6 Å². The Labute approximate surface area is 150 Å². The van der Waals surface area contributed by atoms with Crippen molar-refractivity contribution in [2.24, 2.45) is 0 Å². The molecular weight excluding hydrogens is 340 g/mol. The molecule has 2 heterocycles. The quantitative estimate of drug-likeness (QED) is 0.679. The van der Waals surface area contributed by atoms with Crippen molar-refractivity contribution in [3.05, 3.63) is 77.1 Å². The van der Waals surface area contributed by atoms with Crippen molar-refractivity contribution in [2.75, 3.05) is 11.9 Å². The third-order valence-corrected chi connectivity index (χ3v) is 3.73. The molecular formula is C18H17ClN4O2. The highest BCUT2D eigenvalue weighted by molar-refractivity contribution is 6.30. The van der Waals surface area contributed by atoms with Gasteiger partial charge < -0.3 is 15.1 Å². The second-order valence-corrected chi connectivity index (χ2v) is 5.79. The summed E-state index contributed by atoms with van der Waals surface area (Å²) in [6.07, 6.45) is 5.27. The van der Waals surface area contributed by atoms with Crippen molar-refractivity contribution in [3.63, 3.8) is 0 Å². The molecule has 0 radical (unpaired) electrons. The minimum Gasteiger partial charge on any atom is -0.467 e. The lowest BCUT2D eigenvalue weighted by Gasteiger charge is -2.06. The van der Waals surface area contributed by atoms with E-state index in [1.165, 1.54) is 12.4 Å². The summed E-state index contributed by atoms with van der Waals surface area (Å²) in [6, 6.07) is 11.2. The molecule has 2 N–H and O–H groups in total. The number of halogens is 1. The average Bonchev–Trinajstić information content (AvgIpc) is 3.14. The first kappa shape index (κ1) is 17.0. The van der Waals surface area contributed by atoms with E-state index in [9.17, 15) is 4.79 Å². The largest absolute Gasteiger partial charge is 0.467 e. The number of rotatable bonds is 7. The smallest absolute Gasteiger partial charge is 0.271 e. The molecule has 7 heteroatoms. The van der Waals surface area contributed by atoms with E-state index in [0.29, 0.717) is 30.4 Å². The van der Waals surface area contributed by atoms with E-state index < -0.39 is 0 Å². The number of furan rings is 1. The van der Waals surface area contributed by atoms with Gasteiger partial charge in [0.2, 0.25) is 0 Å². The van der Waals surface area contributed by atoms with Crippen molar-refractivity contribution in [2.45, 2.75) is 13.0 Å². The fourth-order valence-corrected chi connectivity index (χ4v) is 2.44. The maximum absolute atomic E-state index is 12.1. The molecule has 0 bridgehead atoms. The fourth-order valence-electron chi connectivity index (χ4n) is 2.23. The Balaban J connectivity index is 1.47. The number of benzene rings is 1. The lowest BCUT2D eigenvalue weighted by molar-refractivity contribution is 0.0949. The van der Waals surface area contributed by atoms with E-state index in [0.717, 1.165) is 11.3 Å². The van der Waals surface area contributed by atoms with Gasteiger partial charge in [0.05, 0.1) is 25.2 Å². The van der Waals surface area contributed by atoms with Crippen LogP contribution >= 0.6 is 11.6 Å². The van der Waals surface area contributed by atoms with Crippen LogP contribution in [0.15, 0.2) is 59.5 Å². The molecule has 128 valence electrons. The summed E-state index contributed by atoms with van der Waals surface area (Å²) < 4.78 is 5.22. The van der Waals surface area contributed by atoms with Gasteiger partial charge in [0.25, 0.3) is 5.91 Å². The van der Waals surface area contributed by atoms with Gasteiger partial charge in [0.15, 0.2) is 0 Å². The zero-order valence-corrected chi connectivity index (χ0v) is 14.2. The van der Waals surface area contributed by atoms with Crippen LogP contribution in [0, 0.1) is 0 Å². The van der Waals surface area contributed by atoms with Gasteiger partial charge in [0.1, 0.15) is 17.3 Å². The number of aromatic nitrogens is 2. The third kappa shape index (κ3) is 5.06. The van der Waals surface area contributed by atoms with E-state index in [1.54, 1.807) is 6.26 Å². The Morgan fingerprint density at radius 3 is 2.80 bits per heavy atom. The van der Waals surface area contributed by atoms with Gasteiger partial charge in [-0.25, -0.2) is 9.97 Å². The summed E-state index contributed by atoms with van der Waals surface area (Å²) in [4.78, 5) is 20.4. The first-order valence-corrected chi connectivity index (χ1v) is 8.19. The van der Waals surface area contributed by atoms with Crippen LogP contribution in [0.2, 0.25) is 5.02 Å². The fraction of sp³-hybridized carbons (Fsp3) is 0.167. The number of hydrogen-bond acceptors (Lipinski definition) is 5. The number of carbonyl (C=O) groups excluding carboxylic acids is 1. The van der Waals surface area contributed by atoms with E-state index in [4.69, 9.17) is 16.0 Å². The van der Waals surface area contributed by atoms with Crippen LogP contribution in [0.25, 0.3) is 0 Å². The molecule has 1 aromatic carbocycles. The van der Waals surface area contributed by atoms with Gasteiger partial charge in [-0.15, -0.1) is 0 Å². The third-order valence-electron chi connectivity index (χ3n) is 3.50. The number of nitrogens with zero attached hydrogens (tertiary/aromatic N) is 2. The maximum Gasteiger partial charge on any atom is 0.271 e. The summed E-state index contributed by atoms with van der Waals surface area (Å²) in [5, 5.41) is 6.58. The second kappa shape index (κ2) is 8.30. The molecule has 0 aliphatic rings. The molecule has 0 aliphatic heterocycles. The van der Waals surface area contributed by atoms with Gasteiger partial charge in [-0.2, -0.15) is 0 Å². The first-order valence-electron chi connectivity index (χ1n) is 7.81. The molecule has 0 atom stereocenters. The van der Waals surface area contributed by atoms with Gasteiger partial charge in [0, 0.05) is 11.6 Å². The zero-order valence-electron chi connectivity index (χ0n) is 13.4. The number of nitrogens with one attached hydrogen (secondary N) is 2. The molecule has 6 nitrogen and oxygen atoms in total. The van der Waals surface area contributed by atoms with Crippen molar-refractivity contribution in [1.82, 2.24) is 15.3 Å². The van der Waals surface area contributed by atoms with E-state index in [1.807, 2.05) is 36.4 Å². The molecule has 2 aromatic heterocycles. The molecule has 3 aromatic rings. The van der Waals surface area contributed by atoms with Crippen LogP contribution in [0.3, 0.4) is 0 Å². The summed E-state index contributed by atoms with van der Waals surface area (Å²) in [5.41, 5.74) is 1.34. The van der Waals surface area contributed by atoms with Gasteiger partial charge in [-0.3, -0.25) is 4.79 Å². The van der Waals surface area contributed by atoms with Crippen LogP contribution in [-0.4, -0.2) is 22.4 Å². The van der Waals surface area contributed by atoms with E-state index in [-0.39, 0.29) is 11.6 Å². The summed E-state index contributed by atoms with van der Waals surface area (Å²) in [5.74, 6) is 1.11. The van der Waals surface area contributed by atoms with Gasteiger partial charge in [-0.05, 0) is 36.2 Å². The van der Waals surface area contributed by atoms with Crippen LogP contribution in [0.1, 0.15) is 21.8 Å². The lowest BCUT2D eigenvalue weighted by atomic mass is 10.1. The molecule has 0 fully saturated rings. The molecule has 3 rings (SSSR count). The topological polar surface area (TPSA) is 80.0 Å². The number of carbonyl (C=O) groups is 1. The molecule has 1 amide bonds. The SMILES string of the molecule is O=C(NCCc1cccc(Cl)c1)c1cnc(NCc2ccco2)cn1. The molecule has 25 heavy (non-hydrogen) atoms. The molecule has 0 unspecified atom stereocenters. The maximum atomic E-state index is 12.1. The summed E-state index contributed by atoms with van der Waals surface area (Å²) in [7, 11) is 0. The van der Waals surface area contributed by atoms with Crippen LogP contribution in [0.5, 0.6) is 0 Å². The monoisotopic (exact) mass is 356 g/mol. The summed E-state index contributed by atoms with van der Waals surface area (Å²) >= 11 is 5.94. The second-order valence-electron chi connectivity index (χ2n) is 5.36. The minimum atomic E-state index is -0.257. The average molecular weight is 357 g/mol. The number of hydrogen-bond donors (Lipinski definition) is 2. The van der Waals surface area contributed by atoms with Crippen molar-refractivity contribution < 1.29 is 9.21 Å². The summed E-state index contributed by atoms with van der Waals surface area (Å²) in [6.45, 7) is 1.01. The molecule has 0 spiro atoms. The predicted molar refractivity (Wildman–Crippen MR) is 95.6 cm³/mol. The Morgan fingerprint density at radius 1 is 1.16 bits per heavy atom. The standard InChI is InChI=1S/C18H17ClN4O2/c19-14-4-1-3-13(9-14)6-7-20-18(24)16-11-23-17(12-21-16)22-10-15-5-2-8-25-15/h1-5,8-9,11-12H,6-7,10H2,(H,20,24)(H,22,23). The van der Waals surface area contributed by atoms with Crippen molar-refractivity contribution >= 4 is 23.3 Å². The van der Waals surface area contributed by atoms with Crippen LogP contribution in [0.4, 0.5) is 5.82 Å². The Morgan fingerprint density at radius 2 is 2.08 bits per heavy atom. The van der Waals surface area contributed by atoms with Gasteiger partial charge >= 0.3 is 0 Å². The van der Waals surface area contributed by atoms with Crippen molar-refractivity contribution in [1.29, 1.82) is 0 Å². The normalized spacial score (nSPS) is 10.4. The number of anilines is 1. The van der Waals surface area contributed by atoms with E-state index >= 15 is 0 Å². The predicted octanol–water partition coefficient (Wildman–Crippen LogP) is 3.31. The highest BCUT2D eigenvalue weighted by Gasteiger charge is 2.08. The Bertz CT molecular complexity index is 819. The van der Waals surface area contributed by atoms with Crippen LogP contribution < -0.4 is 10.6 Å². The molecule has 0 saturated carbocycles. The zero-order chi connectivity index (χ0) is 17.5. The minimum absolute atomic E-state index is 0.257. The Kier molecular flexibility index (Phi) is 5.64. The molecule has 0 saturated heterocycles.